The van der Waals surface area contributed by atoms with E-state index in [1.807, 2.05) is 11.3 Å². The number of thiophene rings is 1. The molecule has 0 aliphatic heterocycles. The summed E-state index contributed by atoms with van der Waals surface area (Å²) in [5.41, 5.74) is 7.27. The minimum Gasteiger partial charge on any atom is -0.309 e. The molecule has 0 atom stereocenters. The van der Waals surface area contributed by atoms with Gasteiger partial charge in [0.1, 0.15) is 0 Å². The van der Waals surface area contributed by atoms with Crippen molar-refractivity contribution in [2.45, 2.75) is 6.92 Å². The second kappa shape index (κ2) is 8.69. The average Bonchev–Trinajstić information content (AvgIpc) is 3.70. The van der Waals surface area contributed by atoms with E-state index in [4.69, 9.17) is 0 Å². The summed E-state index contributed by atoms with van der Waals surface area (Å²) in [4.78, 5) is 0. The SMILES string of the molecule is C=c1/c(=C(\C=C/C)n2c3ccccc3c3ccc4c(cc5c6ccccc6c6ccccc6n54)c32)sc2ccccc12. The molecule has 0 bridgehead atoms. The number of rotatable bonds is 2. The molecular weight excluding hydrogens is 529 g/mol. The Labute approximate surface area is 246 Å². The third-order valence-corrected chi connectivity index (χ3v) is 9.99. The number of benzene rings is 5. The Balaban J connectivity index is 1.57. The van der Waals surface area contributed by atoms with Gasteiger partial charge in [-0.05, 0) is 59.3 Å². The van der Waals surface area contributed by atoms with E-state index in [-0.39, 0.29) is 0 Å². The standard InChI is InChI=1S/C39H26N2S/c1-3-12-35(39-24(2)25-13-8-11-20-37(25)42-39)41-33-19-10-7-17-29(33)30-21-22-34-31(38(30)41)23-36-28-16-5-4-14-26(28)27-15-6-9-18-32(27)40(34)36/h3-23H,2H2,1H3/b12-3-,39-35-. The molecule has 0 N–H and O–H groups in total. The summed E-state index contributed by atoms with van der Waals surface area (Å²) in [5, 5.41) is 9.90. The van der Waals surface area contributed by atoms with Crippen molar-refractivity contribution in [2.24, 2.45) is 0 Å². The van der Waals surface area contributed by atoms with Crippen molar-refractivity contribution >= 4 is 93.6 Å². The molecule has 4 aromatic heterocycles. The molecule has 9 aromatic rings. The summed E-state index contributed by atoms with van der Waals surface area (Å²) in [7, 11) is 0. The van der Waals surface area contributed by atoms with Gasteiger partial charge in [0.25, 0.3) is 0 Å². The van der Waals surface area contributed by atoms with E-state index in [0.717, 1.165) is 10.9 Å². The highest BCUT2D eigenvalue weighted by molar-refractivity contribution is 7.17. The normalized spacial score (nSPS) is 13.3. The van der Waals surface area contributed by atoms with Crippen LogP contribution in [0.1, 0.15) is 6.92 Å². The van der Waals surface area contributed by atoms with E-state index in [2.05, 4.69) is 150 Å². The quantitative estimate of drug-likeness (QED) is 0.188. The molecule has 0 radical (unpaired) electrons. The zero-order valence-corrected chi connectivity index (χ0v) is 24.0. The van der Waals surface area contributed by atoms with Crippen LogP contribution in [0.2, 0.25) is 0 Å². The Morgan fingerprint density at radius 2 is 1.19 bits per heavy atom. The van der Waals surface area contributed by atoms with E-state index < -0.39 is 0 Å². The van der Waals surface area contributed by atoms with Gasteiger partial charge in [0.15, 0.2) is 0 Å². The van der Waals surface area contributed by atoms with Crippen LogP contribution in [0, 0.1) is 0 Å². The number of nitrogens with zero attached hydrogens (tertiary/aromatic N) is 2. The molecule has 42 heavy (non-hydrogen) atoms. The summed E-state index contributed by atoms with van der Waals surface area (Å²) < 4.78 is 7.40. The lowest BCUT2D eigenvalue weighted by Crippen LogP contribution is -2.22. The molecule has 0 amide bonds. The summed E-state index contributed by atoms with van der Waals surface area (Å²) in [6, 6.07) is 42.0. The zero-order chi connectivity index (χ0) is 27.9. The fourth-order valence-corrected chi connectivity index (χ4v) is 8.17. The predicted octanol–water partition coefficient (Wildman–Crippen LogP) is 9.36. The number of aromatic nitrogens is 2. The molecule has 2 nitrogen and oxygen atoms in total. The van der Waals surface area contributed by atoms with E-state index in [0.29, 0.717) is 0 Å². The molecule has 4 heterocycles. The van der Waals surface area contributed by atoms with Crippen LogP contribution >= 0.6 is 11.3 Å². The minimum absolute atomic E-state index is 1.08. The Morgan fingerprint density at radius 3 is 1.93 bits per heavy atom. The molecule has 0 aliphatic carbocycles. The van der Waals surface area contributed by atoms with E-state index in [9.17, 15) is 0 Å². The lowest BCUT2D eigenvalue weighted by molar-refractivity contribution is 1.23. The maximum absolute atomic E-state index is 4.59. The van der Waals surface area contributed by atoms with Gasteiger partial charge in [0.05, 0.1) is 37.8 Å². The van der Waals surface area contributed by atoms with Crippen molar-refractivity contribution in [3.8, 4) is 0 Å². The first-order chi connectivity index (χ1) is 20.7. The number of pyridine rings is 1. The van der Waals surface area contributed by atoms with Crippen molar-refractivity contribution in [2.75, 3.05) is 0 Å². The molecule has 5 aromatic carbocycles. The van der Waals surface area contributed by atoms with Crippen molar-refractivity contribution in [1.82, 2.24) is 8.97 Å². The van der Waals surface area contributed by atoms with Gasteiger partial charge in [-0.2, -0.15) is 0 Å². The largest absolute Gasteiger partial charge is 0.309 e. The van der Waals surface area contributed by atoms with Crippen molar-refractivity contribution < 1.29 is 0 Å². The van der Waals surface area contributed by atoms with Crippen molar-refractivity contribution in [1.29, 1.82) is 0 Å². The lowest BCUT2D eigenvalue weighted by atomic mass is 10.1. The van der Waals surface area contributed by atoms with Crippen LogP contribution in [0.15, 0.2) is 127 Å². The molecule has 0 saturated carbocycles. The second-order valence-electron chi connectivity index (χ2n) is 11.0. The third kappa shape index (κ3) is 3.03. The summed E-state index contributed by atoms with van der Waals surface area (Å²) >= 11 is 1.82. The molecule has 198 valence electrons. The smallest absolute Gasteiger partial charge is 0.0637 e. The molecule has 0 unspecified atom stereocenters. The number of fused-ring (bicyclic) bond motifs is 13. The van der Waals surface area contributed by atoms with Crippen LogP contribution in [0.5, 0.6) is 0 Å². The fourth-order valence-electron chi connectivity index (χ4n) is 7.00. The molecule has 3 heteroatoms. The van der Waals surface area contributed by atoms with Gasteiger partial charge in [-0.1, -0.05) is 97.6 Å². The number of allylic oxidation sites excluding steroid dienone is 2. The van der Waals surface area contributed by atoms with Gasteiger partial charge in [-0.25, -0.2) is 0 Å². The minimum atomic E-state index is 1.08. The van der Waals surface area contributed by atoms with Gasteiger partial charge in [0.2, 0.25) is 0 Å². The zero-order valence-electron chi connectivity index (χ0n) is 23.1. The summed E-state index contributed by atoms with van der Waals surface area (Å²) in [6.07, 6.45) is 4.40. The Hall–Kier alpha value is -5.12. The van der Waals surface area contributed by atoms with Gasteiger partial charge in [-0.15, -0.1) is 11.3 Å². The highest BCUT2D eigenvalue weighted by Crippen LogP contribution is 2.40. The number of para-hydroxylation sites is 2. The van der Waals surface area contributed by atoms with E-state index in [1.165, 1.54) is 74.5 Å². The highest BCUT2D eigenvalue weighted by atomic mass is 32.1. The Bertz CT molecular complexity index is 2710. The first-order valence-corrected chi connectivity index (χ1v) is 15.2. The number of hydrogen-bond donors (Lipinski definition) is 0. The first kappa shape index (κ1) is 23.6. The fraction of sp³-hybridized carbons (Fsp3) is 0.0256. The maximum Gasteiger partial charge on any atom is 0.0637 e. The Kier molecular flexibility index (Phi) is 4.88. The Morgan fingerprint density at radius 1 is 0.595 bits per heavy atom. The predicted molar refractivity (Wildman–Crippen MR) is 183 cm³/mol. The molecule has 0 aliphatic rings. The third-order valence-electron chi connectivity index (χ3n) is 8.75. The highest BCUT2D eigenvalue weighted by Gasteiger charge is 2.20. The van der Waals surface area contributed by atoms with Gasteiger partial charge in [-0.3, -0.25) is 0 Å². The van der Waals surface area contributed by atoms with Crippen molar-refractivity contribution in [3.63, 3.8) is 0 Å². The number of hydrogen-bond acceptors (Lipinski definition) is 1. The van der Waals surface area contributed by atoms with Crippen LogP contribution in [0.3, 0.4) is 0 Å². The van der Waals surface area contributed by atoms with Gasteiger partial charge < -0.3 is 8.97 Å². The summed E-state index contributed by atoms with van der Waals surface area (Å²) in [5.74, 6) is 0. The van der Waals surface area contributed by atoms with Gasteiger partial charge >= 0.3 is 0 Å². The molecule has 9 rings (SSSR count). The average molecular weight is 555 g/mol. The van der Waals surface area contributed by atoms with E-state index in [1.54, 1.807) is 0 Å². The van der Waals surface area contributed by atoms with Crippen LogP contribution in [0.25, 0.3) is 82.3 Å². The maximum atomic E-state index is 4.59. The van der Waals surface area contributed by atoms with Gasteiger partial charge in [0, 0.05) is 31.6 Å². The van der Waals surface area contributed by atoms with Crippen LogP contribution in [-0.4, -0.2) is 8.97 Å². The first-order valence-electron chi connectivity index (χ1n) is 14.4. The molecule has 0 fully saturated rings. The van der Waals surface area contributed by atoms with Crippen LogP contribution in [-0.2, 0) is 0 Å². The lowest BCUT2D eigenvalue weighted by Gasteiger charge is -2.11. The molecular formula is C39H26N2S. The second-order valence-corrected chi connectivity index (χ2v) is 12.0. The topological polar surface area (TPSA) is 9.34 Å². The molecule has 0 saturated heterocycles. The van der Waals surface area contributed by atoms with Crippen LogP contribution < -0.4 is 9.75 Å². The van der Waals surface area contributed by atoms with Crippen molar-refractivity contribution in [3.05, 3.63) is 137 Å². The van der Waals surface area contributed by atoms with Crippen LogP contribution in [0.4, 0.5) is 0 Å². The molecule has 0 spiro atoms. The monoisotopic (exact) mass is 554 g/mol. The van der Waals surface area contributed by atoms with E-state index >= 15 is 0 Å². The summed E-state index contributed by atoms with van der Waals surface area (Å²) in [6.45, 7) is 6.69.